The number of fused-ring (bicyclic) bond motifs is 1. The van der Waals surface area contributed by atoms with E-state index in [-0.39, 0.29) is 18.5 Å². The maximum absolute atomic E-state index is 12.1. The number of carbonyl (C=O) groups excluding carboxylic acids is 1. The van der Waals surface area contributed by atoms with Crippen molar-refractivity contribution in [2.24, 2.45) is 0 Å². The fourth-order valence-corrected chi connectivity index (χ4v) is 3.49. The molecule has 0 radical (unpaired) electrons. The number of aromatic nitrogens is 2. The maximum atomic E-state index is 12.1. The number of hydrogen-bond acceptors (Lipinski definition) is 6. The predicted molar refractivity (Wildman–Crippen MR) is 107 cm³/mol. The molecule has 0 bridgehead atoms. The van der Waals surface area contributed by atoms with E-state index < -0.39 is 0 Å². The number of aryl methyl sites for hydroxylation is 1. The summed E-state index contributed by atoms with van der Waals surface area (Å²) in [5.74, 6) is 1.67. The largest absolute Gasteiger partial charge is 0.454 e. The van der Waals surface area contributed by atoms with E-state index in [0.29, 0.717) is 12.3 Å². The first kappa shape index (κ1) is 18.3. The zero-order valence-corrected chi connectivity index (χ0v) is 16.2. The molecule has 28 heavy (non-hydrogen) atoms. The van der Waals surface area contributed by atoms with Gasteiger partial charge in [0.1, 0.15) is 5.03 Å². The Bertz CT molecular complexity index is 992. The van der Waals surface area contributed by atoms with E-state index >= 15 is 0 Å². The van der Waals surface area contributed by atoms with Crippen LogP contribution < -0.4 is 14.8 Å². The molecular weight excluding hydrogens is 374 g/mol. The van der Waals surface area contributed by atoms with Gasteiger partial charge in [-0.15, -0.1) is 10.2 Å². The molecule has 0 fully saturated rings. The highest BCUT2D eigenvalue weighted by Crippen LogP contribution is 2.32. The molecule has 6 nitrogen and oxygen atoms in total. The van der Waals surface area contributed by atoms with Gasteiger partial charge < -0.3 is 14.8 Å². The summed E-state index contributed by atoms with van der Waals surface area (Å²) in [4.78, 5) is 12.1. The van der Waals surface area contributed by atoms with Crippen LogP contribution in [0.5, 0.6) is 11.5 Å². The third kappa shape index (κ3) is 4.26. The van der Waals surface area contributed by atoms with Crippen molar-refractivity contribution in [1.29, 1.82) is 0 Å². The molecule has 0 atom stereocenters. The average molecular weight is 393 g/mol. The Balaban J connectivity index is 1.28. The van der Waals surface area contributed by atoms with Crippen molar-refractivity contribution in [3.8, 4) is 22.8 Å². The van der Waals surface area contributed by atoms with Gasteiger partial charge >= 0.3 is 0 Å². The molecule has 1 aromatic heterocycles. The Morgan fingerprint density at radius 3 is 2.75 bits per heavy atom. The van der Waals surface area contributed by atoms with E-state index in [1.54, 1.807) is 0 Å². The van der Waals surface area contributed by atoms with E-state index in [9.17, 15) is 4.79 Å². The van der Waals surface area contributed by atoms with Gasteiger partial charge in [-0.3, -0.25) is 4.79 Å². The van der Waals surface area contributed by atoms with Gasteiger partial charge in [-0.25, -0.2) is 0 Å². The van der Waals surface area contributed by atoms with Crippen molar-refractivity contribution in [3.05, 3.63) is 65.7 Å². The SMILES string of the molecule is Cc1ccccc1-c1ccc(SCC(=O)NCc2ccc3c(c2)OCO3)nn1. The van der Waals surface area contributed by atoms with Crippen LogP contribution in [0.2, 0.25) is 0 Å². The highest BCUT2D eigenvalue weighted by Gasteiger charge is 2.13. The van der Waals surface area contributed by atoms with Crippen molar-refractivity contribution >= 4 is 17.7 Å². The number of ether oxygens (including phenoxy) is 2. The van der Waals surface area contributed by atoms with Gasteiger partial charge in [-0.05, 0) is 42.3 Å². The van der Waals surface area contributed by atoms with Crippen LogP contribution in [0.4, 0.5) is 0 Å². The molecule has 3 aromatic rings. The molecule has 0 spiro atoms. The minimum Gasteiger partial charge on any atom is -0.454 e. The van der Waals surface area contributed by atoms with Gasteiger partial charge in [0, 0.05) is 12.1 Å². The summed E-state index contributed by atoms with van der Waals surface area (Å²) < 4.78 is 10.6. The van der Waals surface area contributed by atoms with Crippen LogP contribution in [0.3, 0.4) is 0 Å². The summed E-state index contributed by atoms with van der Waals surface area (Å²) >= 11 is 1.36. The molecule has 1 aliphatic heterocycles. The molecule has 1 aliphatic rings. The van der Waals surface area contributed by atoms with Crippen molar-refractivity contribution in [3.63, 3.8) is 0 Å². The highest BCUT2D eigenvalue weighted by molar-refractivity contribution is 7.99. The summed E-state index contributed by atoms with van der Waals surface area (Å²) in [6.07, 6.45) is 0. The van der Waals surface area contributed by atoms with Gasteiger partial charge in [-0.1, -0.05) is 42.1 Å². The fraction of sp³-hybridized carbons (Fsp3) is 0.190. The van der Waals surface area contributed by atoms with Crippen LogP contribution in [-0.4, -0.2) is 28.7 Å². The van der Waals surface area contributed by atoms with Gasteiger partial charge in [0.05, 0.1) is 11.4 Å². The maximum Gasteiger partial charge on any atom is 0.231 e. The standard InChI is InChI=1S/C21H19N3O3S/c1-14-4-2-3-5-16(14)17-7-9-21(24-23-17)28-12-20(25)22-11-15-6-8-18-19(10-15)27-13-26-18/h2-10H,11-13H2,1H3,(H,22,25). The van der Waals surface area contributed by atoms with Gasteiger partial charge in [0.25, 0.3) is 0 Å². The van der Waals surface area contributed by atoms with Crippen LogP contribution in [0.15, 0.2) is 59.6 Å². The minimum absolute atomic E-state index is 0.0625. The molecule has 2 heterocycles. The first-order valence-electron chi connectivity index (χ1n) is 8.87. The normalized spacial score (nSPS) is 12.0. The van der Waals surface area contributed by atoms with Crippen LogP contribution in [0.25, 0.3) is 11.3 Å². The third-order valence-corrected chi connectivity index (χ3v) is 5.26. The Morgan fingerprint density at radius 2 is 1.93 bits per heavy atom. The molecule has 7 heteroatoms. The zero-order valence-electron chi connectivity index (χ0n) is 15.3. The lowest BCUT2D eigenvalue weighted by Gasteiger charge is -2.07. The van der Waals surface area contributed by atoms with Crippen LogP contribution in [0, 0.1) is 6.92 Å². The third-order valence-electron chi connectivity index (χ3n) is 4.34. The monoisotopic (exact) mass is 393 g/mol. The summed E-state index contributed by atoms with van der Waals surface area (Å²) in [5.41, 5.74) is 4.01. The fourth-order valence-electron chi connectivity index (χ4n) is 2.84. The molecule has 142 valence electrons. The predicted octanol–water partition coefficient (Wildman–Crippen LogP) is 3.59. The van der Waals surface area contributed by atoms with Crippen molar-refractivity contribution in [2.75, 3.05) is 12.5 Å². The smallest absolute Gasteiger partial charge is 0.231 e. The number of carbonyl (C=O) groups is 1. The molecule has 0 saturated heterocycles. The Labute approximate surface area is 167 Å². The summed E-state index contributed by atoms with van der Waals surface area (Å²) in [7, 11) is 0. The summed E-state index contributed by atoms with van der Waals surface area (Å²) in [6.45, 7) is 2.73. The number of amides is 1. The van der Waals surface area contributed by atoms with Crippen LogP contribution >= 0.6 is 11.8 Å². The lowest BCUT2D eigenvalue weighted by Crippen LogP contribution is -2.24. The second kappa shape index (κ2) is 8.31. The molecule has 1 amide bonds. The lowest BCUT2D eigenvalue weighted by atomic mass is 10.1. The van der Waals surface area contributed by atoms with E-state index in [1.165, 1.54) is 11.8 Å². The minimum atomic E-state index is -0.0625. The number of benzene rings is 2. The first-order valence-corrected chi connectivity index (χ1v) is 9.85. The van der Waals surface area contributed by atoms with Crippen molar-refractivity contribution in [1.82, 2.24) is 15.5 Å². The van der Waals surface area contributed by atoms with Gasteiger partial charge in [0.15, 0.2) is 11.5 Å². The molecule has 0 saturated carbocycles. The van der Waals surface area contributed by atoms with Crippen molar-refractivity contribution in [2.45, 2.75) is 18.5 Å². The van der Waals surface area contributed by atoms with E-state index in [1.807, 2.05) is 61.5 Å². The quantitative estimate of drug-likeness (QED) is 0.645. The zero-order chi connectivity index (χ0) is 19.3. The highest BCUT2D eigenvalue weighted by atomic mass is 32.2. The molecule has 2 aromatic carbocycles. The Hall–Kier alpha value is -3.06. The number of rotatable bonds is 6. The van der Waals surface area contributed by atoms with Crippen LogP contribution in [0.1, 0.15) is 11.1 Å². The van der Waals surface area contributed by atoms with Gasteiger partial charge in [-0.2, -0.15) is 0 Å². The number of nitrogens with one attached hydrogen (secondary N) is 1. The topological polar surface area (TPSA) is 73.3 Å². The molecule has 4 rings (SSSR count). The van der Waals surface area contributed by atoms with E-state index in [0.717, 1.165) is 33.2 Å². The second-order valence-electron chi connectivity index (χ2n) is 6.32. The molecule has 0 aliphatic carbocycles. The Kier molecular flexibility index (Phi) is 5.43. The molecule has 0 unspecified atom stereocenters. The van der Waals surface area contributed by atoms with Crippen LogP contribution in [-0.2, 0) is 11.3 Å². The molecular formula is C21H19N3O3S. The lowest BCUT2D eigenvalue weighted by molar-refractivity contribution is -0.118. The molecule has 1 N–H and O–H groups in total. The summed E-state index contributed by atoms with van der Waals surface area (Å²) in [5, 5.41) is 12.1. The van der Waals surface area contributed by atoms with E-state index in [4.69, 9.17) is 9.47 Å². The summed E-state index contributed by atoms with van der Waals surface area (Å²) in [6, 6.07) is 17.5. The Morgan fingerprint density at radius 1 is 1.07 bits per heavy atom. The number of nitrogens with zero attached hydrogens (tertiary/aromatic N) is 2. The van der Waals surface area contributed by atoms with Gasteiger partial charge in [0.2, 0.25) is 12.7 Å². The number of thioether (sulfide) groups is 1. The first-order chi connectivity index (χ1) is 13.7. The van der Waals surface area contributed by atoms with Crippen molar-refractivity contribution < 1.29 is 14.3 Å². The average Bonchev–Trinajstić information content (AvgIpc) is 3.19. The second-order valence-corrected chi connectivity index (χ2v) is 7.32. The number of hydrogen-bond donors (Lipinski definition) is 1. The van der Waals surface area contributed by atoms with E-state index in [2.05, 4.69) is 15.5 Å².